The van der Waals surface area contributed by atoms with Crippen molar-refractivity contribution >= 4 is 40.0 Å². The lowest BCUT2D eigenvalue weighted by atomic mass is 10.1. The van der Waals surface area contributed by atoms with Crippen LogP contribution in [0.3, 0.4) is 0 Å². The third kappa shape index (κ3) is 5.28. The highest BCUT2D eigenvalue weighted by atomic mass is 32.2. The summed E-state index contributed by atoms with van der Waals surface area (Å²) in [6.07, 6.45) is 0.925. The van der Waals surface area contributed by atoms with Crippen molar-refractivity contribution in [2.75, 3.05) is 17.7 Å². The predicted octanol–water partition coefficient (Wildman–Crippen LogP) is 4.63. The SMILES string of the molecule is CCCn1c(SCC(=O)Nc2sccc2C(=O)OCC)nnc1-c1cccc(C)c1. The molecule has 158 valence electrons. The second-order valence-electron chi connectivity index (χ2n) is 6.55. The lowest BCUT2D eigenvalue weighted by Gasteiger charge is -2.09. The average Bonchev–Trinajstić information content (AvgIpc) is 3.34. The summed E-state index contributed by atoms with van der Waals surface area (Å²) in [5.41, 5.74) is 2.53. The van der Waals surface area contributed by atoms with Gasteiger partial charge in [-0.25, -0.2) is 4.79 Å². The number of thiophene rings is 1. The van der Waals surface area contributed by atoms with Crippen LogP contribution in [0, 0.1) is 6.92 Å². The van der Waals surface area contributed by atoms with Gasteiger partial charge in [0.05, 0.1) is 17.9 Å². The standard InChI is InChI=1S/C21H24N4O3S2/c1-4-10-25-18(15-8-6-7-14(3)12-15)23-24-21(25)30-13-17(26)22-19-16(9-11-29-19)20(27)28-5-2/h6-9,11-12H,4-5,10,13H2,1-3H3,(H,22,26). The van der Waals surface area contributed by atoms with E-state index in [2.05, 4.69) is 28.5 Å². The van der Waals surface area contributed by atoms with E-state index in [0.717, 1.165) is 29.9 Å². The van der Waals surface area contributed by atoms with Gasteiger partial charge in [-0.3, -0.25) is 4.79 Å². The van der Waals surface area contributed by atoms with Crippen LogP contribution in [0.15, 0.2) is 40.9 Å². The van der Waals surface area contributed by atoms with Crippen molar-refractivity contribution in [3.8, 4) is 11.4 Å². The number of anilines is 1. The molecule has 0 unspecified atom stereocenters. The average molecular weight is 445 g/mol. The molecule has 3 aromatic rings. The zero-order chi connectivity index (χ0) is 21.5. The first-order valence-corrected chi connectivity index (χ1v) is 11.6. The van der Waals surface area contributed by atoms with E-state index in [4.69, 9.17) is 4.74 Å². The second-order valence-corrected chi connectivity index (χ2v) is 8.41. The maximum absolute atomic E-state index is 12.5. The summed E-state index contributed by atoms with van der Waals surface area (Å²) in [6, 6.07) is 9.78. The zero-order valence-electron chi connectivity index (χ0n) is 17.2. The molecule has 0 aliphatic rings. The second kappa shape index (κ2) is 10.4. The normalized spacial score (nSPS) is 10.8. The molecule has 1 amide bonds. The molecule has 0 fully saturated rings. The first-order valence-electron chi connectivity index (χ1n) is 9.71. The lowest BCUT2D eigenvalue weighted by Crippen LogP contribution is -2.16. The number of thioether (sulfide) groups is 1. The highest BCUT2D eigenvalue weighted by Gasteiger charge is 2.18. The number of carbonyl (C=O) groups excluding carboxylic acids is 2. The van der Waals surface area contributed by atoms with Gasteiger partial charge in [-0.05, 0) is 37.8 Å². The highest BCUT2D eigenvalue weighted by molar-refractivity contribution is 7.99. The molecule has 0 aliphatic carbocycles. The zero-order valence-corrected chi connectivity index (χ0v) is 18.8. The minimum absolute atomic E-state index is 0.163. The van der Waals surface area contributed by atoms with Gasteiger partial charge in [0.15, 0.2) is 11.0 Å². The molecule has 0 saturated heterocycles. The molecule has 0 atom stereocenters. The number of rotatable bonds is 9. The molecule has 30 heavy (non-hydrogen) atoms. The predicted molar refractivity (Wildman–Crippen MR) is 120 cm³/mol. The Balaban J connectivity index is 1.69. The molecule has 0 bridgehead atoms. The van der Waals surface area contributed by atoms with Crippen molar-refractivity contribution in [1.82, 2.24) is 14.8 Å². The maximum atomic E-state index is 12.5. The molecule has 1 N–H and O–H groups in total. The van der Waals surface area contributed by atoms with E-state index in [-0.39, 0.29) is 18.3 Å². The van der Waals surface area contributed by atoms with E-state index in [1.54, 1.807) is 18.4 Å². The first-order chi connectivity index (χ1) is 14.5. The van der Waals surface area contributed by atoms with Gasteiger partial charge in [0.2, 0.25) is 5.91 Å². The fraction of sp³-hybridized carbons (Fsp3) is 0.333. The molecule has 1 aromatic carbocycles. The van der Waals surface area contributed by atoms with Crippen LogP contribution in [0.1, 0.15) is 36.2 Å². The molecule has 9 heteroatoms. The van der Waals surface area contributed by atoms with Crippen LogP contribution >= 0.6 is 23.1 Å². The van der Waals surface area contributed by atoms with Gasteiger partial charge in [-0.1, -0.05) is 42.4 Å². The Kier molecular flexibility index (Phi) is 7.64. The molecule has 3 rings (SSSR count). The third-order valence-electron chi connectivity index (χ3n) is 4.19. The van der Waals surface area contributed by atoms with Crippen molar-refractivity contribution in [3.63, 3.8) is 0 Å². The van der Waals surface area contributed by atoms with E-state index >= 15 is 0 Å². The van der Waals surface area contributed by atoms with Gasteiger partial charge in [0, 0.05) is 12.1 Å². The van der Waals surface area contributed by atoms with E-state index in [9.17, 15) is 9.59 Å². The van der Waals surface area contributed by atoms with Gasteiger partial charge in [0.25, 0.3) is 0 Å². The number of nitrogens with zero attached hydrogens (tertiary/aromatic N) is 3. The summed E-state index contributed by atoms with van der Waals surface area (Å²) in [5.74, 6) is 0.310. The van der Waals surface area contributed by atoms with Crippen molar-refractivity contribution < 1.29 is 14.3 Å². The number of hydrogen-bond acceptors (Lipinski definition) is 7. The summed E-state index contributed by atoms with van der Waals surface area (Å²) in [6.45, 7) is 6.93. The lowest BCUT2D eigenvalue weighted by molar-refractivity contribution is -0.113. The van der Waals surface area contributed by atoms with E-state index in [0.29, 0.717) is 15.7 Å². The highest BCUT2D eigenvalue weighted by Crippen LogP contribution is 2.27. The Morgan fingerprint density at radius 1 is 1.23 bits per heavy atom. The number of aryl methyl sites for hydroxylation is 1. The van der Waals surface area contributed by atoms with Gasteiger partial charge < -0.3 is 14.6 Å². The fourth-order valence-electron chi connectivity index (χ4n) is 2.89. The van der Waals surface area contributed by atoms with E-state index in [1.165, 1.54) is 23.1 Å². The summed E-state index contributed by atoms with van der Waals surface area (Å²) in [7, 11) is 0. The van der Waals surface area contributed by atoms with Crippen LogP contribution in [-0.2, 0) is 16.1 Å². The third-order valence-corrected chi connectivity index (χ3v) is 5.98. The van der Waals surface area contributed by atoms with E-state index in [1.807, 2.05) is 29.7 Å². The van der Waals surface area contributed by atoms with Crippen LogP contribution < -0.4 is 5.32 Å². The van der Waals surface area contributed by atoms with Gasteiger partial charge in [0.1, 0.15) is 5.00 Å². The molecule has 0 saturated carbocycles. The number of carbonyl (C=O) groups is 2. The molecule has 0 aliphatic heterocycles. The monoisotopic (exact) mass is 444 g/mol. The molecule has 7 nitrogen and oxygen atoms in total. The quantitative estimate of drug-likeness (QED) is 0.382. The number of aromatic nitrogens is 3. The van der Waals surface area contributed by atoms with Crippen molar-refractivity contribution in [2.24, 2.45) is 0 Å². The topological polar surface area (TPSA) is 86.1 Å². The van der Waals surface area contributed by atoms with Crippen LogP contribution in [0.4, 0.5) is 5.00 Å². The van der Waals surface area contributed by atoms with Crippen molar-refractivity contribution in [3.05, 3.63) is 46.8 Å². The molecule has 2 heterocycles. The number of hydrogen-bond donors (Lipinski definition) is 1. The van der Waals surface area contributed by atoms with Crippen molar-refractivity contribution in [2.45, 2.75) is 38.9 Å². The van der Waals surface area contributed by atoms with Crippen LogP contribution in [0.2, 0.25) is 0 Å². The molecular formula is C21H24N4O3S2. The number of benzene rings is 1. The summed E-state index contributed by atoms with van der Waals surface area (Å²) >= 11 is 2.62. The number of esters is 1. The smallest absolute Gasteiger partial charge is 0.341 e. The van der Waals surface area contributed by atoms with Gasteiger partial charge in [-0.15, -0.1) is 21.5 Å². The number of amides is 1. The first kappa shape index (κ1) is 22.0. The van der Waals surface area contributed by atoms with E-state index < -0.39 is 5.97 Å². The molecule has 0 spiro atoms. The molecule has 2 aromatic heterocycles. The minimum atomic E-state index is -0.438. The Labute approximate surface area is 183 Å². The molecule has 0 radical (unpaired) electrons. The summed E-state index contributed by atoms with van der Waals surface area (Å²) in [5, 5.41) is 14.4. The fourth-order valence-corrected chi connectivity index (χ4v) is 4.44. The van der Waals surface area contributed by atoms with Gasteiger partial charge >= 0.3 is 5.97 Å². The van der Waals surface area contributed by atoms with Crippen molar-refractivity contribution in [1.29, 1.82) is 0 Å². The number of nitrogens with one attached hydrogen (secondary N) is 1. The number of ether oxygens (including phenoxy) is 1. The maximum Gasteiger partial charge on any atom is 0.341 e. The summed E-state index contributed by atoms with van der Waals surface area (Å²) in [4.78, 5) is 24.4. The minimum Gasteiger partial charge on any atom is -0.462 e. The van der Waals surface area contributed by atoms with Crippen LogP contribution in [-0.4, -0.2) is 39.0 Å². The molecular weight excluding hydrogens is 420 g/mol. The van der Waals surface area contributed by atoms with Gasteiger partial charge in [-0.2, -0.15) is 0 Å². The Morgan fingerprint density at radius 2 is 2.07 bits per heavy atom. The Bertz CT molecular complexity index is 1030. The largest absolute Gasteiger partial charge is 0.462 e. The summed E-state index contributed by atoms with van der Waals surface area (Å²) < 4.78 is 7.07. The Hall–Kier alpha value is -2.65. The van der Waals surface area contributed by atoms with Crippen LogP contribution in [0.25, 0.3) is 11.4 Å². The Morgan fingerprint density at radius 3 is 2.80 bits per heavy atom. The van der Waals surface area contributed by atoms with Crippen LogP contribution in [0.5, 0.6) is 0 Å².